The van der Waals surface area contributed by atoms with Crippen LogP contribution in [0.15, 0.2) is 42.1 Å². The Labute approximate surface area is 104 Å². The second kappa shape index (κ2) is 5.44. The molecule has 0 spiro atoms. The van der Waals surface area contributed by atoms with Crippen molar-refractivity contribution in [1.82, 2.24) is 5.32 Å². The number of carbonyl (C=O) groups is 1. The van der Waals surface area contributed by atoms with E-state index in [1.54, 1.807) is 18.2 Å². The number of halogens is 1. The summed E-state index contributed by atoms with van der Waals surface area (Å²) in [5.41, 5.74) is 1.41. The summed E-state index contributed by atoms with van der Waals surface area (Å²) in [5.74, 6) is -0.533. The highest BCUT2D eigenvalue weighted by molar-refractivity contribution is 6.04. The fourth-order valence-corrected chi connectivity index (χ4v) is 1.62. The second-order valence-corrected chi connectivity index (χ2v) is 3.88. The average Bonchev–Trinajstić information content (AvgIpc) is 2.86. The third-order valence-electron chi connectivity index (χ3n) is 2.56. The number of amides is 1. The van der Waals surface area contributed by atoms with E-state index in [0.29, 0.717) is 18.7 Å². The molecule has 1 atom stereocenters. The maximum Gasteiger partial charge on any atom is 0.264 e. The molecule has 0 fully saturated rings. The molecule has 0 aromatic heterocycles. The van der Waals surface area contributed by atoms with Crippen LogP contribution in [0.25, 0.3) is 0 Å². The van der Waals surface area contributed by atoms with Gasteiger partial charge < -0.3 is 10.2 Å². The number of oxime groups is 1. The Bertz CT molecular complexity index is 482. The number of benzene rings is 1. The van der Waals surface area contributed by atoms with Crippen molar-refractivity contribution < 1.29 is 14.0 Å². The van der Waals surface area contributed by atoms with Crippen LogP contribution in [-0.4, -0.2) is 24.3 Å². The highest BCUT2D eigenvalue weighted by Gasteiger charge is 2.28. The lowest BCUT2D eigenvalue weighted by atomic mass is 10.0. The molecule has 5 heteroatoms. The van der Waals surface area contributed by atoms with Gasteiger partial charge in [-0.1, -0.05) is 23.4 Å². The Kier molecular flexibility index (Phi) is 3.72. The SMILES string of the molecule is C=CCNC(=O)[C@H]1CC(c2ccc(F)cc2)=NO1. The van der Waals surface area contributed by atoms with Gasteiger partial charge in [0.15, 0.2) is 0 Å². The quantitative estimate of drug-likeness (QED) is 0.823. The molecule has 4 nitrogen and oxygen atoms in total. The van der Waals surface area contributed by atoms with Crippen LogP contribution in [0.1, 0.15) is 12.0 Å². The topological polar surface area (TPSA) is 50.7 Å². The second-order valence-electron chi connectivity index (χ2n) is 3.88. The van der Waals surface area contributed by atoms with Crippen molar-refractivity contribution in [3.8, 4) is 0 Å². The fraction of sp³-hybridized carbons (Fsp3) is 0.231. The number of nitrogens with zero attached hydrogens (tertiary/aromatic N) is 1. The molecule has 1 N–H and O–H groups in total. The van der Waals surface area contributed by atoms with Crippen molar-refractivity contribution in [3.63, 3.8) is 0 Å². The first-order chi connectivity index (χ1) is 8.70. The largest absolute Gasteiger partial charge is 0.382 e. The van der Waals surface area contributed by atoms with Gasteiger partial charge in [-0.05, 0) is 17.7 Å². The van der Waals surface area contributed by atoms with Gasteiger partial charge in [-0.15, -0.1) is 6.58 Å². The zero-order valence-electron chi connectivity index (χ0n) is 9.73. The minimum absolute atomic E-state index is 0.226. The van der Waals surface area contributed by atoms with Gasteiger partial charge >= 0.3 is 0 Å². The van der Waals surface area contributed by atoms with Crippen LogP contribution < -0.4 is 5.32 Å². The minimum atomic E-state index is -0.620. The zero-order chi connectivity index (χ0) is 13.0. The van der Waals surface area contributed by atoms with Crippen LogP contribution in [0.2, 0.25) is 0 Å². The van der Waals surface area contributed by atoms with E-state index in [9.17, 15) is 9.18 Å². The highest BCUT2D eigenvalue weighted by atomic mass is 19.1. The maximum atomic E-state index is 12.8. The van der Waals surface area contributed by atoms with Crippen LogP contribution in [-0.2, 0) is 9.63 Å². The van der Waals surface area contributed by atoms with Gasteiger partial charge in [-0.2, -0.15) is 0 Å². The van der Waals surface area contributed by atoms with E-state index in [0.717, 1.165) is 5.56 Å². The molecule has 94 valence electrons. The first-order valence-corrected chi connectivity index (χ1v) is 5.58. The Morgan fingerprint density at radius 1 is 1.56 bits per heavy atom. The molecule has 1 aromatic rings. The van der Waals surface area contributed by atoms with E-state index >= 15 is 0 Å². The summed E-state index contributed by atoms with van der Waals surface area (Å²) in [6.07, 6.45) is 1.36. The molecular formula is C13H13FN2O2. The zero-order valence-corrected chi connectivity index (χ0v) is 9.73. The number of hydrogen-bond donors (Lipinski definition) is 1. The number of carbonyl (C=O) groups excluding carboxylic acids is 1. The molecule has 1 aliphatic rings. The molecule has 0 bridgehead atoms. The Balaban J connectivity index is 1.97. The maximum absolute atomic E-state index is 12.8. The molecule has 2 rings (SSSR count). The smallest absolute Gasteiger partial charge is 0.264 e. The highest BCUT2D eigenvalue weighted by Crippen LogP contribution is 2.17. The van der Waals surface area contributed by atoms with E-state index in [1.807, 2.05) is 0 Å². The molecular weight excluding hydrogens is 235 g/mol. The lowest BCUT2D eigenvalue weighted by molar-refractivity contribution is -0.130. The summed E-state index contributed by atoms with van der Waals surface area (Å²) in [6, 6.07) is 5.93. The fourth-order valence-electron chi connectivity index (χ4n) is 1.62. The van der Waals surface area contributed by atoms with Gasteiger partial charge in [0.05, 0.1) is 5.71 Å². The van der Waals surface area contributed by atoms with E-state index in [4.69, 9.17) is 4.84 Å². The first kappa shape index (κ1) is 12.3. The van der Waals surface area contributed by atoms with Crippen molar-refractivity contribution in [2.24, 2.45) is 5.16 Å². The Hall–Kier alpha value is -2.17. The summed E-state index contributed by atoms with van der Waals surface area (Å²) in [5, 5.41) is 6.49. The van der Waals surface area contributed by atoms with E-state index in [-0.39, 0.29) is 11.7 Å². The van der Waals surface area contributed by atoms with E-state index in [1.165, 1.54) is 12.1 Å². The van der Waals surface area contributed by atoms with E-state index in [2.05, 4.69) is 17.1 Å². The molecule has 0 saturated heterocycles. The Morgan fingerprint density at radius 2 is 2.28 bits per heavy atom. The molecule has 0 unspecified atom stereocenters. The third kappa shape index (κ3) is 2.74. The standard InChI is InChI=1S/C13H13FN2O2/c1-2-7-15-13(17)12-8-11(16-18-12)9-3-5-10(14)6-4-9/h2-6,12H,1,7-8H2,(H,15,17)/t12-/m1/s1. The van der Waals surface area contributed by atoms with Crippen LogP contribution in [0, 0.1) is 5.82 Å². The van der Waals surface area contributed by atoms with Gasteiger partial charge in [-0.25, -0.2) is 4.39 Å². The molecule has 18 heavy (non-hydrogen) atoms. The van der Waals surface area contributed by atoms with Crippen LogP contribution >= 0.6 is 0 Å². The summed E-state index contributed by atoms with van der Waals surface area (Å²) in [6.45, 7) is 3.90. The van der Waals surface area contributed by atoms with Gasteiger partial charge in [0.1, 0.15) is 5.82 Å². The van der Waals surface area contributed by atoms with Gasteiger partial charge in [0, 0.05) is 13.0 Å². The van der Waals surface area contributed by atoms with Crippen molar-refractivity contribution in [1.29, 1.82) is 0 Å². The molecule has 0 saturated carbocycles. The molecule has 1 aromatic carbocycles. The monoisotopic (exact) mass is 248 g/mol. The summed E-state index contributed by atoms with van der Waals surface area (Å²) in [4.78, 5) is 16.7. The van der Waals surface area contributed by atoms with Gasteiger partial charge in [0.2, 0.25) is 6.10 Å². The van der Waals surface area contributed by atoms with Crippen molar-refractivity contribution in [2.45, 2.75) is 12.5 Å². The number of hydrogen-bond acceptors (Lipinski definition) is 3. The summed E-state index contributed by atoms with van der Waals surface area (Å²) < 4.78 is 12.8. The van der Waals surface area contributed by atoms with Gasteiger partial charge in [-0.3, -0.25) is 4.79 Å². The van der Waals surface area contributed by atoms with Crippen molar-refractivity contribution in [2.75, 3.05) is 6.54 Å². The Morgan fingerprint density at radius 3 is 2.94 bits per heavy atom. The lowest BCUT2D eigenvalue weighted by Crippen LogP contribution is -2.34. The van der Waals surface area contributed by atoms with Crippen molar-refractivity contribution >= 4 is 11.6 Å². The predicted octanol–water partition coefficient (Wildman–Crippen LogP) is 1.62. The van der Waals surface area contributed by atoms with Crippen LogP contribution in [0.5, 0.6) is 0 Å². The average molecular weight is 248 g/mol. The first-order valence-electron chi connectivity index (χ1n) is 5.58. The summed E-state index contributed by atoms with van der Waals surface area (Å²) in [7, 11) is 0. The molecule has 1 amide bonds. The van der Waals surface area contributed by atoms with Crippen LogP contribution in [0.3, 0.4) is 0 Å². The lowest BCUT2D eigenvalue weighted by Gasteiger charge is -2.07. The number of rotatable bonds is 4. The normalized spacial score (nSPS) is 17.8. The molecule has 0 radical (unpaired) electrons. The molecule has 1 heterocycles. The summed E-state index contributed by atoms with van der Waals surface area (Å²) >= 11 is 0. The number of nitrogens with one attached hydrogen (secondary N) is 1. The van der Waals surface area contributed by atoms with Gasteiger partial charge in [0.25, 0.3) is 5.91 Å². The predicted molar refractivity (Wildman–Crippen MR) is 65.6 cm³/mol. The van der Waals surface area contributed by atoms with Crippen LogP contribution in [0.4, 0.5) is 4.39 Å². The third-order valence-corrected chi connectivity index (χ3v) is 2.56. The van der Waals surface area contributed by atoms with E-state index < -0.39 is 6.10 Å². The molecule has 0 aliphatic carbocycles. The minimum Gasteiger partial charge on any atom is -0.382 e. The van der Waals surface area contributed by atoms with Crippen molar-refractivity contribution in [3.05, 3.63) is 48.3 Å². The molecule has 1 aliphatic heterocycles.